The molecule has 49 heavy (non-hydrogen) atoms. The Morgan fingerprint density at radius 2 is 1.31 bits per heavy atom. The van der Waals surface area contributed by atoms with E-state index in [1.807, 2.05) is 57.3 Å². The highest BCUT2D eigenvalue weighted by Gasteiger charge is 2.10. The van der Waals surface area contributed by atoms with Gasteiger partial charge in [0.05, 0.1) is 0 Å². The van der Waals surface area contributed by atoms with Gasteiger partial charge in [-0.25, -0.2) is 0 Å². The molecule has 0 bridgehead atoms. The van der Waals surface area contributed by atoms with Crippen molar-refractivity contribution >= 4 is 53.1 Å². The minimum Gasteiger partial charge on any atom is -0.135 e. The Bertz CT molecular complexity index is 2000. The minimum absolute atomic E-state index is 0.648. The predicted molar refractivity (Wildman–Crippen MR) is 227 cm³/mol. The Balaban J connectivity index is 0.000000364. The third-order valence-corrected chi connectivity index (χ3v) is 9.21. The monoisotopic (exact) mass is 666 g/mol. The van der Waals surface area contributed by atoms with E-state index in [4.69, 9.17) is 0 Å². The van der Waals surface area contributed by atoms with Gasteiger partial charge in [-0.2, -0.15) is 0 Å². The van der Waals surface area contributed by atoms with Gasteiger partial charge in [-0.15, -0.1) is 17.9 Å². The molecule has 0 amide bonds. The lowest BCUT2D eigenvalue weighted by molar-refractivity contribution is 0.544. The van der Waals surface area contributed by atoms with Crippen LogP contribution in [-0.2, 0) is 0 Å². The molecule has 5 aromatic carbocycles. The number of benzene rings is 5. The van der Waals surface area contributed by atoms with Crippen LogP contribution in [0.2, 0.25) is 0 Å². The second-order valence-electron chi connectivity index (χ2n) is 12.5. The summed E-state index contributed by atoms with van der Waals surface area (Å²) in [5, 5.41) is 7.88. The van der Waals surface area contributed by atoms with E-state index < -0.39 is 0 Å². The average Bonchev–Trinajstić information content (AvgIpc) is 3.51. The molecule has 0 N–H and O–H groups in total. The van der Waals surface area contributed by atoms with E-state index >= 15 is 0 Å². The molecule has 256 valence electrons. The van der Waals surface area contributed by atoms with Crippen molar-refractivity contribution in [1.29, 1.82) is 0 Å². The molecule has 0 nitrogen and oxygen atoms in total. The molecule has 0 spiro atoms. The van der Waals surface area contributed by atoms with Gasteiger partial charge in [-0.3, -0.25) is 0 Å². The van der Waals surface area contributed by atoms with Crippen molar-refractivity contribution in [1.82, 2.24) is 0 Å². The largest absolute Gasteiger partial charge is 0.135 e. The van der Waals surface area contributed by atoms with E-state index in [0.717, 1.165) is 22.6 Å². The highest BCUT2D eigenvalue weighted by Crippen LogP contribution is 2.40. The minimum atomic E-state index is 0.648. The summed E-state index contributed by atoms with van der Waals surface area (Å²) in [5.41, 5.74) is 4.46. The van der Waals surface area contributed by atoms with Crippen molar-refractivity contribution in [3.05, 3.63) is 145 Å². The Hall–Kier alpha value is -4.38. The van der Waals surface area contributed by atoms with Gasteiger partial charge in [0, 0.05) is 31.3 Å². The molecular formula is C48H58S. The lowest BCUT2D eigenvalue weighted by atomic mass is 9.97. The number of rotatable bonds is 4. The van der Waals surface area contributed by atoms with Gasteiger partial charge in [0.2, 0.25) is 0 Å². The summed E-state index contributed by atoms with van der Waals surface area (Å²) in [4.78, 5) is 0. The number of allylic oxidation sites excluding steroid dienone is 4. The molecule has 1 heterocycles. The van der Waals surface area contributed by atoms with Crippen LogP contribution in [0.25, 0.3) is 41.7 Å². The molecule has 0 radical (unpaired) electrons. The van der Waals surface area contributed by atoms with Gasteiger partial charge in [-0.05, 0) is 90.6 Å². The number of fused-ring (bicyclic) bond motifs is 7. The maximum atomic E-state index is 3.66. The van der Waals surface area contributed by atoms with Gasteiger partial charge in [0.1, 0.15) is 0 Å². The van der Waals surface area contributed by atoms with Crippen LogP contribution in [0.4, 0.5) is 0 Å². The van der Waals surface area contributed by atoms with Crippen LogP contribution in [0.5, 0.6) is 0 Å². The first-order chi connectivity index (χ1) is 23.6. The maximum absolute atomic E-state index is 3.66. The molecule has 0 fully saturated rings. The number of aryl methyl sites for hydroxylation is 1. The molecule has 0 atom stereocenters. The van der Waals surface area contributed by atoms with Crippen LogP contribution >= 0.6 is 11.3 Å². The number of hydrogen-bond donors (Lipinski definition) is 0. The van der Waals surface area contributed by atoms with Crippen molar-refractivity contribution < 1.29 is 0 Å². The van der Waals surface area contributed by atoms with Crippen molar-refractivity contribution in [3.63, 3.8) is 0 Å². The molecule has 0 saturated heterocycles. The summed E-state index contributed by atoms with van der Waals surface area (Å²) in [6, 6.07) is 32.7. The van der Waals surface area contributed by atoms with Crippen molar-refractivity contribution in [3.8, 4) is 11.8 Å². The normalized spacial score (nSPS) is 10.3. The van der Waals surface area contributed by atoms with Gasteiger partial charge in [-0.1, -0.05) is 164 Å². The Morgan fingerprint density at radius 3 is 1.86 bits per heavy atom. The van der Waals surface area contributed by atoms with E-state index in [2.05, 4.69) is 158 Å². The van der Waals surface area contributed by atoms with E-state index in [9.17, 15) is 0 Å². The summed E-state index contributed by atoms with van der Waals surface area (Å²) < 4.78 is 2.70. The average molecular weight is 667 g/mol. The second kappa shape index (κ2) is 21.6. The van der Waals surface area contributed by atoms with E-state index in [1.54, 1.807) is 0 Å². The topological polar surface area (TPSA) is 0 Å². The van der Waals surface area contributed by atoms with E-state index in [0.29, 0.717) is 5.92 Å². The SMILES string of the molecule is C=C(C)/C=C\C.C=CC(C)C.CC.CCC(C)CC.Cc1ccc(C#Cc2ccc3c(ccc4c3ccc3sc5ccccc5c34)c2)cc1. The standard InChI is InChI=1S/C29H18S.C6H10.C6H14.C5H10.C2H6/c1-19-6-8-20(9-7-19)10-11-21-12-14-23-22(18-21)13-15-25-24(23)16-17-28-29(25)26-4-2-3-5-27(26)30-28;1-4-5-6(2)3;1-4-6(3)5-2;1-4-5(2)3;1-2/h2-9,12-18H,1H3;4-5H,2H2,1,3H3;6H,4-5H2,1-3H3;4-5H,1H2,2-3H3;1-2H3/b;5-4-;;;. The Morgan fingerprint density at radius 1 is 0.735 bits per heavy atom. The first-order valence-corrected chi connectivity index (χ1v) is 18.7. The van der Waals surface area contributed by atoms with Crippen LogP contribution in [-0.4, -0.2) is 0 Å². The molecule has 6 rings (SSSR count). The fraction of sp³-hybridized carbons (Fsp3) is 0.292. The lowest BCUT2D eigenvalue weighted by Crippen LogP contribution is -1.85. The summed E-state index contributed by atoms with van der Waals surface area (Å²) in [6.45, 7) is 28.2. The molecule has 0 unspecified atom stereocenters. The molecule has 0 saturated carbocycles. The third kappa shape index (κ3) is 12.5. The van der Waals surface area contributed by atoms with Crippen LogP contribution in [0, 0.1) is 30.6 Å². The van der Waals surface area contributed by atoms with Crippen LogP contribution in [0.15, 0.2) is 128 Å². The third-order valence-electron chi connectivity index (χ3n) is 8.07. The van der Waals surface area contributed by atoms with Crippen molar-refractivity contribution in [2.24, 2.45) is 11.8 Å². The Kier molecular flexibility index (Phi) is 18.0. The van der Waals surface area contributed by atoms with Crippen LogP contribution in [0.3, 0.4) is 0 Å². The molecule has 1 heteroatoms. The maximum Gasteiger partial charge on any atom is 0.0361 e. The summed E-state index contributed by atoms with van der Waals surface area (Å²) in [6.07, 6.45) is 8.52. The molecule has 0 aliphatic carbocycles. The lowest BCUT2D eigenvalue weighted by Gasteiger charge is -2.06. The predicted octanol–water partition coefficient (Wildman–Crippen LogP) is 15.5. The Labute approximate surface area is 302 Å². The molecule has 0 aliphatic heterocycles. The number of hydrogen-bond acceptors (Lipinski definition) is 1. The van der Waals surface area contributed by atoms with Gasteiger partial charge in [0.15, 0.2) is 0 Å². The molecule has 1 aromatic heterocycles. The van der Waals surface area contributed by atoms with Gasteiger partial charge >= 0.3 is 0 Å². The first-order valence-electron chi connectivity index (χ1n) is 17.9. The van der Waals surface area contributed by atoms with Crippen molar-refractivity contribution in [2.75, 3.05) is 0 Å². The van der Waals surface area contributed by atoms with Crippen LogP contribution < -0.4 is 0 Å². The number of thiophene rings is 1. The van der Waals surface area contributed by atoms with E-state index in [1.165, 1.54) is 60.1 Å². The fourth-order valence-corrected chi connectivity index (χ4v) is 5.92. The second-order valence-corrected chi connectivity index (χ2v) is 13.6. The van der Waals surface area contributed by atoms with Crippen LogP contribution in [0.1, 0.15) is 91.8 Å². The van der Waals surface area contributed by atoms with Crippen molar-refractivity contribution in [2.45, 2.75) is 82.1 Å². The zero-order valence-electron chi connectivity index (χ0n) is 31.8. The highest BCUT2D eigenvalue weighted by atomic mass is 32.1. The zero-order chi connectivity index (χ0) is 36.3. The fourth-order valence-electron chi connectivity index (χ4n) is 4.80. The quantitative estimate of drug-likeness (QED) is 0.0760. The van der Waals surface area contributed by atoms with E-state index in [-0.39, 0.29) is 0 Å². The summed E-state index contributed by atoms with van der Waals surface area (Å²) in [7, 11) is 0. The molecule has 6 aromatic rings. The van der Waals surface area contributed by atoms with Gasteiger partial charge < -0.3 is 0 Å². The first kappa shape index (κ1) is 40.8. The van der Waals surface area contributed by atoms with Gasteiger partial charge in [0.25, 0.3) is 0 Å². The smallest absolute Gasteiger partial charge is 0.0361 e. The highest BCUT2D eigenvalue weighted by molar-refractivity contribution is 7.26. The summed E-state index contributed by atoms with van der Waals surface area (Å²) >= 11 is 1.87. The summed E-state index contributed by atoms with van der Waals surface area (Å²) in [5.74, 6) is 8.19. The molecule has 0 aliphatic rings. The molecular weight excluding hydrogens is 609 g/mol. The zero-order valence-corrected chi connectivity index (χ0v) is 32.6.